The third-order valence-corrected chi connectivity index (χ3v) is 8.13. The summed E-state index contributed by atoms with van der Waals surface area (Å²) in [6.45, 7) is -0.175. The summed E-state index contributed by atoms with van der Waals surface area (Å²) in [6.07, 6.45) is -4.71. The summed E-state index contributed by atoms with van der Waals surface area (Å²) < 4.78 is 84.7. The number of carbonyl (C=O) groups excluding carboxylic acids is 1. The third kappa shape index (κ3) is 5.37. The van der Waals surface area contributed by atoms with E-state index in [2.05, 4.69) is 10.3 Å². The molecule has 0 saturated carbocycles. The second kappa shape index (κ2) is 10.1. The van der Waals surface area contributed by atoms with Gasteiger partial charge in [-0.2, -0.15) is 17.5 Å². The minimum Gasteiger partial charge on any atom is -0.443 e. The van der Waals surface area contributed by atoms with Crippen molar-refractivity contribution in [2.45, 2.75) is 36.4 Å². The normalized spacial score (nSPS) is 18.5. The van der Waals surface area contributed by atoms with Crippen molar-refractivity contribution in [1.82, 2.24) is 14.6 Å². The molecule has 1 amide bonds. The Bertz CT molecular complexity index is 1640. The maximum Gasteiger partial charge on any atom is 0.433 e. The van der Waals surface area contributed by atoms with Gasteiger partial charge in [0, 0.05) is 36.3 Å². The van der Waals surface area contributed by atoms with E-state index in [4.69, 9.17) is 4.42 Å². The van der Waals surface area contributed by atoms with Crippen molar-refractivity contribution in [3.8, 4) is 11.1 Å². The van der Waals surface area contributed by atoms with Crippen molar-refractivity contribution in [1.29, 1.82) is 0 Å². The number of furan rings is 1. The molecular formula is C26H21F4N3O5S. The summed E-state index contributed by atoms with van der Waals surface area (Å²) in [5.74, 6) is -1.31. The molecule has 4 aromatic rings. The number of halogens is 4. The number of rotatable bonds is 6. The molecule has 1 aliphatic heterocycles. The molecule has 0 spiro atoms. The molecule has 2 aromatic heterocycles. The number of benzene rings is 2. The summed E-state index contributed by atoms with van der Waals surface area (Å²) in [4.78, 5) is 16.5. The number of carbonyl (C=O) groups is 1. The van der Waals surface area contributed by atoms with Crippen molar-refractivity contribution >= 4 is 26.9 Å². The Kier molecular flexibility index (Phi) is 6.91. The number of nitrogens with one attached hydrogen (secondary N) is 1. The quantitative estimate of drug-likeness (QED) is 0.342. The largest absolute Gasteiger partial charge is 0.443 e. The van der Waals surface area contributed by atoms with Crippen LogP contribution in [-0.4, -0.2) is 47.4 Å². The van der Waals surface area contributed by atoms with Gasteiger partial charge in [0.25, 0.3) is 10.0 Å². The van der Waals surface area contributed by atoms with E-state index in [1.807, 2.05) is 0 Å². The molecule has 2 aromatic carbocycles. The maximum atomic E-state index is 13.5. The summed E-state index contributed by atoms with van der Waals surface area (Å²) >= 11 is 0. The van der Waals surface area contributed by atoms with Crippen molar-refractivity contribution in [2.75, 3.05) is 6.54 Å². The highest BCUT2D eigenvalue weighted by Gasteiger charge is 2.46. The van der Waals surface area contributed by atoms with Gasteiger partial charge in [0.15, 0.2) is 0 Å². The number of amides is 1. The van der Waals surface area contributed by atoms with Crippen LogP contribution in [-0.2, 0) is 27.5 Å². The Morgan fingerprint density at radius 1 is 1.10 bits per heavy atom. The molecule has 13 heteroatoms. The molecule has 1 fully saturated rings. The van der Waals surface area contributed by atoms with Gasteiger partial charge in [-0.05, 0) is 47.9 Å². The zero-order valence-electron chi connectivity index (χ0n) is 20.0. The number of hydrogen-bond donors (Lipinski definition) is 2. The van der Waals surface area contributed by atoms with Crippen LogP contribution in [0.15, 0.2) is 76.4 Å². The van der Waals surface area contributed by atoms with Crippen molar-refractivity contribution in [3.05, 3.63) is 83.9 Å². The highest BCUT2D eigenvalue weighted by molar-refractivity contribution is 7.89. The number of pyridine rings is 1. The maximum absolute atomic E-state index is 13.5. The molecule has 1 saturated heterocycles. The lowest BCUT2D eigenvalue weighted by atomic mass is 10.0. The second-order valence-corrected chi connectivity index (χ2v) is 10.8. The first kappa shape index (κ1) is 26.8. The van der Waals surface area contributed by atoms with Crippen LogP contribution in [0.5, 0.6) is 0 Å². The highest BCUT2D eigenvalue weighted by atomic mass is 32.2. The zero-order chi connectivity index (χ0) is 27.9. The van der Waals surface area contributed by atoms with E-state index >= 15 is 0 Å². The molecule has 39 heavy (non-hydrogen) atoms. The van der Waals surface area contributed by atoms with Crippen LogP contribution in [0, 0.1) is 5.82 Å². The number of alkyl halides is 3. The van der Waals surface area contributed by atoms with Crippen LogP contribution >= 0.6 is 0 Å². The Balaban J connectivity index is 1.31. The van der Waals surface area contributed by atoms with Gasteiger partial charge >= 0.3 is 6.18 Å². The van der Waals surface area contributed by atoms with Gasteiger partial charge in [-0.25, -0.2) is 12.8 Å². The monoisotopic (exact) mass is 563 g/mol. The Labute approximate surface area is 219 Å². The summed E-state index contributed by atoms with van der Waals surface area (Å²) in [6, 6.07) is 12.1. The summed E-state index contributed by atoms with van der Waals surface area (Å²) in [5.41, 5.74) is 0.722. The van der Waals surface area contributed by atoms with Gasteiger partial charge in [-0.15, -0.1) is 0 Å². The van der Waals surface area contributed by atoms with Gasteiger partial charge < -0.3 is 14.8 Å². The van der Waals surface area contributed by atoms with Crippen molar-refractivity contribution < 1.29 is 40.3 Å². The van der Waals surface area contributed by atoms with Gasteiger partial charge in [-0.1, -0.05) is 24.3 Å². The fourth-order valence-corrected chi connectivity index (χ4v) is 6.03. The zero-order valence-corrected chi connectivity index (χ0v) is 20.8. The number of aliphatic hydroxyl groups is 1. The van der Waals surface area contributed by atoms with E-state index < -0.39 is 50.9 Å². The minimum absolute atomic E-state index is 0.0164. The molecule has 1 unspecified atom stereocenters. The van der Waals surface area contributed by atoms with Crippen LogP contribution < -0.4 is 5.32 Å². The number of sulfonamides is 1. The first-order valence-electron chi connectivity index (χ1n) is 11.7. The number of fused-ring (bicyclic) bond motifs is 1. The number of nitrogens with zero attached hydrogens (tertiary/aromatic N) is 2. The lowest BCUT2D eigenvalue weighted by Gasteiger charge is -2.24. The number of aliphatic hydroxyl groups excluding tert-OH is 1. The van der Waals surface area contributed by atoms with Crippen LogP contribution in [0.2, 0.25) is 0 Å². The van der Waals surface area contributed by atoms with E-state index in [0.717, 1.165) is 34.8 Å². The molecule has 204 valence electrons. The van der Waals surface area contributed by atoms with Crippen LogP contribution in [0.25, 0.3) is 22.1 Å². The summed E-state index contributed by atoms with van der Waals surface area (Å²) in [5, 5.41) is 12.8. The minimum atomic E-state index is -4.56. The molecule has 8 nitrogen and oxygen atoms in total. The van der Waals surface area contributed by atoms with E-state index in [0.29, 0.717) is 16.7 Å². The van der Waals surface area contributed by atoms with Crippen LogP contribution in [0.1, 0.15) is 17.7 Å². The number of aromatic nitrogens is 1. The Hall–Kier alpha value is -3.81. The lowest BCUT2D eigenvalue weighted by Crippen LogP contribution is -2.49. The van der Waals surface area contributed by atoms with Crippen molar-refractivity contribution in [3.63, 3.8) is 0 Å². The first-order valence-corrected chi connectivity index (χ1v) is 13.2. The molecule has 3 heterocycles. The van der Waals surface area contributed by atoms with Gasteiger partial charge in [0.05, 0.1) is 6.10 Å². The molecule has 2 atom stereocenters. The van der Waals surface area contributed by atoms with Gasteiger partial charge in [-0.3, -0.25) is 9.78 Å². The molecule has 2 N–H and O–H groups in total. The topological polar surface area (TPSA) is 113 Å². The average Bonchev–Trinajstić information content (AvgIpc) is 3.51. The predicted molar refractivity (Wildman–Crippen MR) is 131 cm³/mol. The smallest absolute Gasteiger partial charge is 0.433 e. The van der Waals surface area contributed by atoms with E-state index in [9.17, 15) is 35.9 Å². The van der Waals surface area contributed by atoms with Gasteiger partial charge in [0.1, 0.15) is 23.1 Å². The lowest BCUT2D eigenvalue weighted by molar-refractivity contribution is -0.141. The molecule has 0 aliphatic carbocycles. The standard InChI is InChI=1S/C26H21F4N3O5S/c27-19-5-6-21-18(11-19)12-23(38-21)39(36,37)33-9-8-20(34)24(33)25(35)32-13-15-2-1-3-16(10-15)17-4-7-22(31-14-17)26(28,29)30/h1-7,10-12,14,20,24,34H,8-9,13H2,(H,32,35)/t20-,24?/m0/s1. The molecular weight excluding hydrogens is 542 g/mol. The molecule has 0 bridgehead atoms. The van der Waals surface area contributed by atoms with Crippen LogP contribution in [0.4, 0.5) is 17.6 Å². The predicted octanol–water partition coefficient (Wildman–Crippen LogP) is 4.09. The fraction of sp³-hybridized carbons (Fsp3) is 0.231. The molecule has 0 radical (unpaired) electrons. The first-order chi connectivity index (χ1) is 18.4. The fourth-order valence-electron chi connectivity index (χ4n) is 4.44. The van der Waals surface area contributed by atoms with E-state index in [-0.39, 0.29) is 30.5 Å². The highest BCUT2D eigenvalue weighted by Crippen LogP contribution is 2.31. The van der Waals surface area contributed by atoms with Gasteiger partial charge in [0.2, 0.25) is 11.0 Å². The Morgan fingerprint density at radius 2 is 1.90 bits per heavy atom. The van der Waals surface area contributed by atoms with E-state index in [1.54, 1.807) is 24.3 Å². The number of hydrogen-bond acceptors (Lipinski definition) is 6. The van der Waals surface area contributed by atoms with Crippen molar-refractivity contribution in [2.24, 2.45) is 0 Å². The Morgan fingerprint density at radius 3 is 2.62 bits per heavy atom. The van der Waals surface area contributed by atoms with E-state index in [1.165, 1.54) is 12.1 Å². The molecule has 1 aliphatic rings. The third-order valence-electron chi connectivity index (χ3n) is 6.39. The SMILES string of the molecule is O=C(NCc1cccc(-c2ccc(C(F)(F)F)nc2)c1)C1[C@@H](O)CCN1S(=O)(=O)c1cc2cc(F)ccc2o1. The summed E-state index contributed by atoms with van der Waals surface area (Å²) in [7, 11) is -4.34. The molecule has 5 rings (SSSR count). The van der Waals surface area contributed by atoms with Crippen LogP contribution in [0.3, 0.4) is 0 Å². The second-order valence-electron chi connectivity index (χ2n) is 9.01. The average molecular weight is 564 g/mol.